The van der Waals surface area contributed by atoms with Crippen LogP contribution >= 0.6 is 22.9 Å². The summed E-state index contributed by atoms with van der Waals surface area (Å²) in [6.45, 7) is 7.24. The fourth-order valence-electron chi connectivity index (χ4n) is 4.28. The van der Waals surface area contributed by atoms with Gasteiger partial charge in [0.25, 0.3) is 0 Å². The summed E-state index contributed by atoms with van der Waals surface area (Å²) in [5.41, 5.74) is 2.94. The number of nitrogens with zero attached hydrogens (tertiary/aromatic N) is 4. The number of nitrogens with one attached hydrogen (secondary N) is 1. The van der Waals surface area contributed by atoms with E-state index in [2.05, 4.69) is 35.1 Å². The summed E-state index contributed by atoms with van der Waals surface area (Å²) in [6, 6.07) is 10.7. The van der Waals surface area contributed by atoms with Gasteiger partial charge in [0.1, 0.15) is 6.07 Å². The van der Waals surface area contributed by atoms with Gasteiger partial charge < -0.3 is 5.32 Å². The zero-order valence-corrected chi connectivity index (χ0v) is 22.5. The van der Waals surface area contributed by atoms with Crippen LogP contribution in [0.25, 0.3) is 0 Å². The Bertz CT molecular complexity index is 1430. The third kappa shape index (κ3) is 5.60. The van der Waals surface area contributed by atoms with Crippen molar-refractivity contribution in [3.8, 4) is 6.07 Å². The van der Waals surface area contributed by atoms with Gasteiger partial charge >= 0.3 is 0 Å². The molecule has 1 aromatic carbocycles. The highest BCUT2D eigenvalue weighted by Gasteiger charge is 2.36. The monoisotopic (exact) mass is 543 g/mol. The summed E-state index contributed by atoms with van der Waals surface area (Å²) in [5, 5.41) is 13.0. The number of benzene rings is 1. The number of carbonyl (C=O) groups is 1. The van der Waals surface area contributed by atoms with Crippen LogP contribution in [0, 0.1) is 17.2 Å². The molecule has 4 rings (SSSR count). The largest absolute Gasteiger partial charge is 0.302 e. The molecule has 1 aliphatic rings. The van der Waals surface area contributed by atoms with E-state index >= 15 is 0 Å². The Labute approximate surface area is 219 Å². The van der Waals surface area contributed by atoms with Crippen molar-refractivity contribution in [3.05, 3.63) is 68.9 Å². The van der Waals surface area contributed by atoms with Gasteiger partial charge in [0.15, 0.2) is 15.0 Å². The Hall–Kier alpha value is -2.84. The summed E-state index contributed by atoms with van der Waals surface area (Å²) in [4.78, 5) is 25.1. The number of rotatable bonds is 8. The van der Waals surface area contributed by atoms with Crippen LogP contribution in [0.1, 0.15) is 54.2 Å². The number of pyridine rings is 1. The number of thiazole rings is 1. The molecule has 1 amide bonds. The number of aromatic nitrogens is 2. The number of hydrogen-bond acceptors (Lipinski definition) is 8. The minimum absolute atomic E-state index is 0.000748. The molecule has 0 spiro atoms. The molecule has 2 aromatic heterocycles. The zero-order valence-electron chi connectivity index (χ0n) is 20.2. The molecule has 0 saturated heterocycles. The quantitative estimate of drug-likeness (QED) is 0.435. The van der Waals surface area contributed by atoms with E-state index < -0.39 is 9.84 Å². The first-order chi connectivity index (χ1) is 17.1. The lowest BCUT2D eigenvalue weighted by Crippen LogP contribution is -2.26. The lowest BCUT2D eigenvalue weighted by atomic mass is 10.0. The van der Waals surface area contributed by atoms with Crippen LogP contribution in [-0.4, -0.2) is 34.9 Å². The molecule has 1 N–H and O–H groups in total. The molecule has 1 aliphatic heterocycles. The number of carbonyl (C=O) groups excluding carboxylic acids is 1. The van der Waals surface area contributed by atoms with Crippen molar-refractivity contribution in [1.29, 1.82) is 5.26 Å². The molecule has 0 fully saturated rings. The van der Waals surface area contributed by atoms with E-state index in [0.29, 0.717) is 40.4 Å². The fraction of sp³-hybridized carbons (Fsp3) is 0.360. The van der Waals surface area contributed by atoms with E-state index in [4.69, 9.17) is 21.8 Å². The maximum absolute atomic E-state index is 12.6. The third-order valence-electron chi connectivity index (χ3n) is 6.04. The maximum Gasteiger partial charge on any atom is 0.232 e. The van der Waals surface area contributed by atoms with Gasteiger partial charge in [-0.15, -0.1) is 11.3 Å². The first kappa shape index (κ1) is 26.2. The molecule has 0 saturated carbocycles. The van der Waals surface area contributed by atoms with E-state index in [1.165, 1.54) is 23.6 Å². The summed E-state index contributed by atoms with van der Waals surface area (Å²) in [7, 11) is -3.33. The summed E-state index contributed by atoms with van der Waals surface area (Å²) in [5.74, 6) is 0.0401. The normalized spacial score (nSPS) is 15.6. The van der Waals surface area contributed by atoms with Gasteiger partial charge in [-0.1, -0.05) is 38.4 Å². The molecule has 11 heteroatoms. The number of nitriles is 1. The van der Waals surface area contributed by atoms with E-state index in [-0.39, 0.29) is 29.0 Å². The molecule has 1 atom stereocenters. The van der Waals surface area contributed by atoms with Gasteiger partial charge in [0, 0.05) is 29.9 Å². The summed E-state index contributed by atoms with van der Waals surface area (Å²) in [6.07, 6.45) is 1.32. The van der Waals surface area contributed by atoms with Crippen molar-refractivity contribution < 1.29 is 13.2 Å². The lowest BCUT2D eigenvalue weighted by Gasteiger charge is -2.27. The average Bonchev–Trinajstić information content (AvgIpc) is 3.35. The molecule has 8 nitrogen and oxygen atoms in total. The number of sulfone groups is 1. The standard InChI is InChI=1S/C25H26ClN5O3S2/c1-4-36(33,34)19-8-7-18(28-12-19)10-22(32)29-25-30-23-21(35-25)14-31(24(23)15(2)3)13-16-5-6-17(11-27)20(26)9-16/h5-9,12,15,24H,4,10,13-14H2,1-3H3,(H,29,30,32)/t24-/m1/s1. The van der Waals surface area contributed by atoms with Gasteiger partial charge in [-0.3, -0.25) is 14.7 Å². The Morgan fingerprint density at radius 3 is 2.72 bits per heavy atom. The summed E-state index contributed by atoms with van der Waals surface area (Å²) < 4.78 is 23.9. The van der Waals surface area contributed by atoms with Crippen molar-refractivity contribution in [2.75, 3.05) is 11.1 Å². The fourth-order valence-corrected chi connectivity index (χ4v) is 6.40. The van der Waals surface area contributed by atoms with E-state index in [0.717, 1.165) is 16.1 Å². The smallest absolute Gasteiger partial charge is 0.232 e. The predicted octanol–water partition coefficient (Wildman–Crippen LogP) is 4.75. The van der Waals surface area contributed by atoms with Gasteiger partial charge in [0.05, 0.1) is 39.4 Å². The first-order valence-electron chi connectivity index (χ1n) is 11.5. The van der Waals surface area contributed by atoms with Crippen molar-refractivity contribution in [2.24, 2.45) is 5.92 Å². The Morgan fingerprint density at radius 2 is 2.11 bits per heavy atom. The minimum Gasteiger partial charge on any atom is -0.302 e. The Kier molecular flexibility index (Phi) is 7.76. The molecule has 0 bridgehead atoms. The number of halogens is 1. The predicted molar refractivity (Wildman–Crippen MR) is 139 cm³/mol. The van der Waals surface area contributed by atoms with Gasteiger partial charge in [-0.05, 0) is 35.7 Å². The second-order valence-corrected chi connectivity index (χ2v) is 12.7. The average molecular weight is 544 g/mol. The van der Waals surface area contributed by atoms with Crippen LogP contribution in [0.4, 0.5) is 5.13 Å². The topological polar surface area (TPSA) is 116 Å². The second kappa shape index (κ2) is 10.6. The highest BCUT2D eigenvalue weighted by Crippen LogP contribution is 2.43. The third-order valence-corrected chi connectivity index (χ3v) is 9.05. The molecule has 0 unspecified atom stereocenters. The molecule has 188 valence electrons. The molecule has 0 radical (unpaired) electrons. The molecular weight excluding hydrogens is 518 g/mol. The van der Waals surface area contributed by atoms with Crippen LogP contribution in [0.15, 0.2) is 41.4 Å². The summed E-state index contributed by atoms with van der Waals surface area (Å²) >= 11 is 7.68. The highest BCUT2D eigenvalue weighted by atomic mass is 35.5. The van der Waals surface area contributed by atoms with Gasteiger partial charge in [0.2, 0.25) is 5.91 Å². The van der Waals surface area contributed by atoms with Gasteiger partial charge in [-0.25, -0.2) is 13.4 Å². The lowest BCUT2D eigenvalue weighted by molar-refractivity contribution is -0.115. The number of amides is 1. The van der Waals surface area contributed by atoms with Crippen molar-refractivity contribution in [3.63, 3.8) is 0 Å². The molecule has 36 heavy (non-hydrogen) atoms. The highest BCUT2D eigenvalue weighted by molar-refractivity contribution is 7.91. The van der Waals surface area contributed by atoms with E-state index in [1.54, 1.807) is 19.1 Å². The molecule has 3 heterocycles. The maximum atomic E-state index is 12.6. The minimum atomic E-state index is -3.33. The van der Waals surface area contributed by atoms with Crippen molar-refractivity contribution >= 4 is 43.8 Å². The van der Waals surface area contributed by atoms with Gasteiger partial charge in [-0.2, -0.15) is 5.26 Å². The number of fused-ring (bicyclic) bond motifs is 1. The number of hydrogen-bond donors (Lipinski definition) is 1. The van der Waals surface area contributed by atoms with E-state index in [1.807, 2.05) is 12.1 Å². The van der Waals surface area contributed by atoms with E-state index in [9.17, 15) is 13.2 Å². The van der Waals surface area contributed by atoms with Crippen molar-refractivity contribution in [2.45, 2.75) is 51.2 Å². The molecule has 0 aliphatic carbocycles. The van der Waals surface area contributed by atoms with Crippen LogP contribution in [0.5, 0.6) is 0 Å². The second-order valence-electron chi connectivity index (χ2n) is 8.96. The first-order valence-corrected chi connectivity index (χ1v) is 14.4. The van der Waals surface area contributed by atoms with Crippen LogP contribution in [-0.2, 0) is 34.1 Å². The Morgan fingerprint density at radius 1 is 1.33 bits per heavy atom. The SMILES string of the molecule is CCS(=O)(=O)c1ccc(CC(=O)Nc2nc3c(s2)CN(Cc2ccc(C#N)c(Cl)c2)[C@@H]3C(C)C)nc1. The van der Waals surface area contributed by atoms with Crippen LogP contribution in [0.2, 0.25) is 5.02 Å². The molecule has 3 aromatic rings. The van der Waals surface area contributed by atoms with Crippen molar-refractivity contribution in [1.82, 2.24) is 14.9 Å². The van der Waals surface area contributed by atoms with Crippen LogP contribution < -0.4 is 5.32 Å². The molecular formula is C25H26ClN5O3S2. The zero-order chi connectivity index (χ0) is 26.0. The number of anilines is 1. The van der Waals surface area contributed by atoms with Crippen LogP contribution in [0.3, 0.4) is 0 Å². The Balaban J connectivity index is 1.43.